The molecule has 5 nitrogen and oxygen atoms in total. The lowest BCUT2D eigenvalue weighted by Crippen LogP contribution is -2.14. The van der Waals surface area contributed by atoms with Gasteiger partial charge in [-0.3, -0.25) is 0 Å². The predicted octanol–water partition coefficient (Wildman–Crippen LogP) is 4.63. The highest BCUT2D eigenvalue weighted by molar-refractivity contribution is 9.10. The summed E-state index contributed by atoms with van der Waals surface area (Å²) >= 11 is 3.34. The van der Waals surface area contributed by atoms with Gasteiger partial charge in [0, 0.05) is 4.47 Å². The molecule has 0 spiro atoms. The molecule has 0 aliphatic rings. The van der Waals surface area contributed by atoms with E-state index in [0.717, 1.165) is 10.9 Å². The highest BCUT2D eigenvalue weighted by atomic mass is 79.9. The Hall–Kier alpha value is -2.34. The maximum atomic E-state index is 12.6. The van der Waals surface area contributed by atoms with E-state index in [4.69, 9.17) is 14.2 Å². The van der Waals surface area contributed by atoms with Crippen LogP contribution in [0.2, 0.25) is 0 Å². The van der Waals surface area contributed by atoms with Gasteiger partial charge in [-0.05, 0) is 43.7 Å². The van der Waals surface area contributed by atoms with Crippen LogP contribution >= 0.6 is 15.9 Å². The molecule has 0 heterocycles. The van der Waals surface area contributed by atoms with Crippen molar-refractivity contribution in [3.63, 3.8) is 0 Å². The second-order valence-corrected chi connectivity index (χ2v) is 6.01. The number of esters is 2. The minimum atomic E-state index is -0.607. The molecule has 0 saturated heterocycles. The van der Waals surface area contributed by atoms with Crippen LogP contribution in [-0.2, 0) is 4.74 Å². The summed E-state index contributed by atoms with van der Waals surface area (Å²) in [6.07, 6.45) is 0.816. The molecule has 0 radical (unpaired) electrons. The van der Waals surface area contributed by atoms with Crippen LogP contribution in [0.4, 0.5) is 0 Å². The van der Waals surface area contributed by atoms with Gasteiger partial charge in [-0.1, -0.05) is 35.0 Å². The van der Waals surface area contributed by atoms with Gasteiger partial charge >= 0.3 is 11.9 Å². The van der Waals surface area contributed by atoms with Crippen molar-refractivity contribution in [3.8, 4) is 11.5 Å². The second-order valence-electron chi connectivity index (χ2n) is 5.10. The van der Waals surface area contributed by atoms with E-state index in [9.17, 15) is 9.59 Å². The molecule has 0 atom stereocenters. The van der Waals surface area contributed by atoms with Gasteiger partial charge in [-0.15, -0.1) is 0 Å². The van der Waals surface area contributed by atoms with Crippen LogP contribution in [0.15, 0.2) is 46.9 Å². The highest BCUT2D eigenvalue weighted by Gasteiger charge is 2.20. The molecule has 0 bridgehead atoms. The molecule has 132 valence electrons. The molecule has 0 amide bonds. The van der Waals surface area contributed by atoms with Crippen LogP contribution in [0.25, 0.3) is 0 Å². The van der Waals surface area contributed by atoms with Gasteiger partial charge in [-0.2, -0.15) is 0 Å². The van der Waals surface area contributed by atoms with E-state index in [0.29, 0.717) is 12.4 Å². The van der Waals surface area contributed by atoms with Gasteiger partial charge in [-0.25, -0.2) is 9.59 Å². The minimum Gasteiger partial charge on any atom is -0.493 e. The Morgan fingerprint density at radius 1 is 0.960 bits per heavy atom. The Bertz CT molecular complexity index is 757. The summed E-state index contributed by atoms with van der Waals surface area (Å²) in [4.78, 5) is 24.6. The number of para-hydroxylation sites is 1. The van der Waals surface area contributed by atoms with Crippen LogP contribution in [0.3, 0.4) is 0 Å². The smallest absolute Gasteiger partial charge is 0.347 e. The number of hydrogen-bond donors (Lipinski definition) is 0. The molecule has 0 unspecified atom stereocenters. The largest absolute Gasteiger partial charge is 0.493 e. The lowest BCUT2D eigenvalue weighted by molar-refractivity contribution is 0.0520. The van der Waals surface area contributed by atoms with Crippen LogP contribution < -0.4 is 9.47 Å². The van der Waals surface area contributed by atoms with Crippen LogP contribution in [0.1, 0.15) is 41.0 Å². The zero-order valence-electron chi connectivity index (χ0n) is 14.1. The lowest BCUT2D eigenvalue weighted by atomic mass is 10.2. The van der Waals surface area contributed by atoms with E-state index in [-0.39, 0.29) is 23.5 Å². The van der Waals surface area contributed by atoms with E-state index >= 15 is 0 Å². The first-order valence-corrected chi connectivity index (χ1v) is 8.76. The Labute approximate surface area is 155 Å². The molecule has 0 saturated carbocycles. The zero-order chi connectivity index (χ0) is 18.2. The molecule has 0 fully saturated rings. The number of halogens is 1. The van der Waals surface area contributed by atoms with E-state index in [1.165, 1.54) is 0 Å². The summed E-state index contributed by atoms with van der Waals surface area (Å²) in [6.45, 7) is 4.42. The predicted molar refractivity (Wildman–Crippen MR) is 97.3 cm³/mol. The van der Waals surface area contributed by atoms with Gasteiger partial charge in [0.15, 0.2) is 0 Å². The Morgan fingerprint density at radius 3 is 2.44 bits per heavy atom. The van der Waals surface area contributed by atoms with Gasteiger partial charge in [0.25, 0.3) is 0 Å². The van der Waals surface area contributed by atoms with Crippen molar-refractivity contribution in [2.24, 2.45) is 0 Å². The summed E-state index contributed by atoms with van der Waals surface area (Å²) in [5, 5.41) is 0. The molecular formula is C19H19BrO5. The molecule has 0 aliphatic carbocycles. The number of rotatable bonds is 7. The second kappa shape index (κ2) is 9.22. The molecule has 25 heavy (non-hydrogen) atoms. The zero-order valence-corrected chi connectivity index (χ0v) is 15.7. The van der Waals surface area contributed by atoms with Crippen molar-refractivity contribution in [1.82, 2.24) is 0 Å². The first-order valence-electron chi connectivity index (χ1n) is 7.97. The summed E-state index contributed by atoms with van der Waals surface area (Å²) in [5.74, 6) is -0.567. The molecule has 0 aromatic heterocycles. The minimum absolute atomic E-state index is 0.146. The molecule has 0 N–H and O–H groups in total. The standard InChI is InChI=1S/C19H19BrO5/c1-3-11-24-16-10-9-13(20)12-15(16)19(22)25-17-8-6-5-7-14(17)18(21)23-4-2/h5-10,12H,3-4,11H2,1-2H3. The van der Waals surface area contributed by atoms with Crippen LogP contribution in [0, 0.1) is 0 Å². The lowest BCUT2D eigenvalue weighted by Gasteiger charge is -2.12. The Kier molecular flexibility index (Phi) is 7.01. The van der Waals surface area contributed by atoms with Gasteiger partial charge in [0.05, 0.1) is 13.2 Å². The number of hydrogen-bond acceptors (Lipinski definition) is 5. The average molecular weight is 407 g/mol. The average Bonchev–Trinajstić information content (AvgIpc) is 2.61. The van der Waals surface area contributed by atoms with E-state index in [1.54, 1.807) is 49.4 Å². The third-order valence-electron chi connectivity index (χ3n) is 3.21. The maximum absolute atomic E-state index is 12.6. The van der Waals surface area contributed by atoms with Crippen LogP contribution in [0.5, 0.6) is 11.5 Å². The summed E-state index contributed by atoms with van der Waals surface area (Å²) in [6, 6.07) is 11.6. The summed E-state index contributed by atoms with van der Waals surface area (Å²) in [7, 11) is 0. The third-order valence-corrected chi connectivity index (χ3v) is 3.70. The molecule has 2 aromatic rings. The number of benzene rings is 2. The molecule has 0 aliphatic heterocycles. The fourth-order valence-electron chi connectivity index (χ4n) is 2.09. The van der Waals surface area contributed by atoms with Crippen molar-refractivity contribution in [3.05, 3.63) is 58.1 Å². The van der Waals surface area contributed by atoms with E-state index in [2.05, 4.69) is 15.9 Å². The third kappa shape index (κ3) is 5.06. The number of ether oxygens (including phenoxy) is 3. The molecule has 6 heteroatoms. The van der Waals surface area contributed by atoms with Crippen molar-refractivity contribution < 1.29 is 23.8 Å². The van der Waals surface area contributed by atoms with Gasteiger partial charge < -0.3 is 14.2 Å². The number of carbonyl (C=O) groups is 2. The first-order chi connectivity index (χ1) is 12.1. The topological polar surface area (TPSA) is 61.8 Å². The fourth-order valence-corrected chi connectivity index (χ4v) is 2.45. The SMILES string of the molecule is CCCOc1ccc(Br)cc1C(=O)Oc1ccccc1C(=O)OCC. The van der Waals surface area contributed by atoms with Gasteiger partial charge in [0.2, 0.25) is 0 Å². The molecular weight excluding hydrogens is 388 g/mol. The van der Waals surface area contributed by atoms with E-state index in [1.807, 2.05) is 6.92 Å². The summed E-state index contributed by atoms with van der Waals surface area (Å²) in [5.41, 5.74) is 0.477. The van der Waals surface area contributed by atoms with Crippen molar-refractivity contribution >= 4 is 27.9 Å². The highest BCUT2D eigenvalue weighted by Crippen LogP contribution is 2.26. The molecule has 2 rings (SSSR count). The molecule has 2 aromatic carbocycles. The van der Waals surface area contributed by atoms with Crippen molar-refractivity contribution in [2.75, 3.05) is 13.2 Å². The van der Waals surface area contributed by atoms with E-state index < -0.39 is 11.9 Å². The van der Waals surface area contributed by atoms with Gasteiger partial charge in [0.1, 0.15) is 22.6 Å². The van der Waals surface area contributed by atoms with Crippen molar-refractivity contribution in [2.45, 2.75) is 20.3 Å². The quantitative estimate of drug-likeness (QED) is 0.495. The van der Waals surface area contributed by atoms with Crippen molar-refractivity contribution in [1.29, 1.82) is 0 Å². The number of carbonyl (C=O) groups excluding carboxylic acids is 2. The maximum Gasteiger partial charge on any atom is 0.347 e. The first kappa shape index (κ1) is 19.0. The monoisotopic (exact) mass is 406 g/mol. The fraction of sp³-hybridized carbons (Fsp3) is 0.263. The Morgan fingerprint density at radius 2 is 1.72 bits per heavy atom. The summed E-state index contributed by atoms with van der Waals surface area (Å²) < 4.78 is 16.8. The normalized spacial score (nSPS) is 10.2. The Balaban J connectivity index is 2.29. The van der Waals surface area contributed by atoms with Crippen LogP contribution in [-0.4, -0.2) is 25.2 Å².